The number of hydrogen-bond acceptors (Lipinski definition) is 4. The van der Waals surface area contributed by atoms with Crippen molar-refractivity contribution in [3.05, 3.63) is 59.4 Å². The molecule has 3 aromatic rings. The third-order valence-electron chi connectivity index (χ3n) is 4.43. The van der Waals surface area contributed by atoms with Crippen LogP contribution in [0.1, 0.15) is 43.1 Å². The minimum atomic E-state index is 0.386. The molecule has 1 N–H and O–H groups in total. The zero-order valence-corrected chi connectivity index (χ0v) is 13.4. The molecule has 0 radical (unpaired) electrons. The number of rotatable bonds is 2. The van der Waals surface area contributed by atoms with Crippen LogP contribution in [0.2, 0.25) is 0 Å². The summed E-state index contributed by atoms with van der Waals surface area (Å²) in [5.74, 6) is 1.42. The van der Waals surface area contributed by atoms with E-state index < -0.39 is 0 Å². The highest BCUT2D eigenvalue weighted by atomic mass is 32.1. The Morgan fingerprint density at radius 3 is 2.86 bits per heavy atom. The van der Waals surface area contributed by atoms with Crippen molar-refractivity contribution in [1.29, 1.82) is 0 Å². The Bertz CT molecular complexity index is 768. The van der Waals surface area contributed by atoms with E-state index in [1.807, 2.05) is 6.20 Å². The number of nitrogens with zero attached hydrogens (tertiary/aromatic N) is 2. The minimum Gasteiger partial charge on any atom is -0.307 e. The predicted octanol–water partition coefficient (Wildman–Crippen LogP) is 4.29. The Balaban J connectivity index is 1.63. The second kappa shape index (κ2) is 5.78. The molecular formula is C18H19N3S. The zero-order chi connectivity index (χ0) is 14.9. The van der Waals surface area contributed by atoms with E-state index in [2.05, 4.69) is 59.0 Å². The first-order valence-electron chi connectivity index (χ1n) is 7.81. The highest BCUT2D eigenvalue weighted by molar-refractivity contribution is 7.17. The molecule has 4 rings (SSSR count). The van der Waals surface area contributed by atoms with Crippen molar-refractivity contribution in [2.75, 3.05) is 0 Å². The van der Waals surface area contributed by atoms with Gasteiger partial charge < -0.3 is 5.32 Å². The van der Waals surface area contributed by atoms with Crippen molar-refractivity contribution in [2.45, 2.75) is 37.8 Å². The van der Waals surface area contributed by atoms with Gasteiger partial charge in [0.15, 0.2) is 0 Å². The number of fused-ring (bicyclic) bond motifs is 1. The third-order valence-corrected chi connectivity index (χ3v) is 5.27. The Kier molecular flexibility index (Phi) is 3.64. The molecule has 0 spiro atoms. The maximum atomic E-state index is 4.79. The fourth-order valence-corrected chi connectivity index (χ4v) is 4.08. The quantitative estimate of drug-likeness (QED) is 0.767. The molecule has 112 valence electrons. The van der Waals surface area contributed by atoms with Gasteiger partial charge in [0.2, 0.25) is 0 Å². The van der Waals surface area contributed by atoms with Crippen molar-refractivity contribution in [3.8, 4) is 0 Å². The maximum absolute atomic E-state index is 4.79. The number of benzene rings is 1. The topological polar surface area (TPSA) is 37.8 Å². The molecular weight excluding hydrogens is 290 g/mol. The Labute approximate surface area is 134 Å². The number of piperidine rings is 1. The fourth-order valence-electron chi connectivity index (χ4n) is 3.39. The first kappa shape index (κ1) is 13.9. The number of thiophene rings is 1. The number of aromatic nitrogens is 2. The van der Waals surface area contributed by atoms with Gasteiger partial charge in [-0.05, 0) is 36.8 Å². The van der Waals surface area contributed by atoms with E-state index in [1.165, 1.54) is 10.3 Å². The number of hydrogen-bond donors (Lipinski definition) is 1. The van der Waals surface area contributed by atoms with Crippen molar-refractivity contribution >= 4 is 21.6 Å². The third kappa shape index (κ3) is 2.64. The van der Waals surface area contributed by atoms with E-state index in [0.29, 0.717) is 18.0 Å². The van der Waals surface area contributed by atoms with Gasteiger partial charge in [-0.2, -0.15) is 0 Å². The molecule has 3 atom stereocenters. The van der Waals surface area contributed by atoms with Gasteiger partial charge in [-0.15, -0.1) is 11.3 Å². The van der Waals surface area contributed by atoms with E-state index in [4.69, 9.17) is 4.98 Å². The van der Waals surface area contributed by atoms with Crippen LogP contribution in [0.4, 0.5) is 0 Å². The average molecular weight is 309 g/mol. The van der Waals surface area contributed by atoms with Crippen molar-refractivity contribution in [3.63, 3.8) is 0 Å². The van der Waals surface area contributed by atoms with Gasteiger partial charge in [-0.1, -0.05) is 30.3 Å². The normalized spacial score (nSPS) is 25.4. The predicted molar refractivity (Wildman–Crippen MR) is 91.2 cm³/mol. The van der Waals surface area contributed by atoms with Gasteiger partial charge in [0.25, 0.3) is 0 Å². The van der Waals surface area contributed by atoms with E-state index in [9.17, 15) is 0 Å². The summed E-state index contributed by atoms with van der Waals surface area (Å²) < 4.78 is 1.17. The average Bonchev–Trinajstić information content (AvgIpc) is 3.02. The van der Waals surface area contributed by atoms with Crippen molar-refractivity contribution < 1.29 is 0 Å². The molecule has 3 nitrogen and oxygen atoms in total. The van der Waals surface area contributed by atoms with Crippen LogP contribution < -0.4 is 5.32 Å². The molecule has 1 fully saturated rings. The summed E-state index contributed by atoms with van der Waals surface area (Å²) in [4.78, 5) is 9.43. The van der Waals surface area contributed by atoms with Gasteiger partial charge in [0, 0.05) is 24.2 Å². The molecule has 1 aromatic carbocycles. The van der Waals surface area contributed by atoms with Crippen LogP contribution >= 0.6 is 11.3 Å². The molecule has 0 bridgehead atoms. The second-order valence-corrected chi connectivity index (χ2v) is 7.05. The molecule has 1 saturated heterocycles. The molecule has 0 saturated carbocycles. The Morgan fingerprint density at radius 2 is 2.00 bits per heavy atom. The molecule has 2 aromatic heterocycles. The maximum Gasteiger partial charge on any atom is 0.132 e. The summed E-state index contributed by atoms with van der Waals surface area (Å²) in [6.45, 7) is 2.26. The standard InChI is InChI=1S/C18H19N3S/c1-12-9-14(10-16(20-12)13-5-3-2-4-6-13)18-19-11-17-15(21-18)7-8-22-17/h2-8,11-12,14,16,20H,9-10H2,1H3. The highest BCUT2D eigenvalue weighted by Gasteiger charge is 2.29. The zero-order valence-electron chi connectivity index (χ0n) is 12.6. The summed E-state index contributed by atoms with van der Waals surface area (Å²) in [5, 5.41) is 5.80. The van der Waals surface area contributed by atoms with Crippen molar-refractivity contribution in [1.82, 2.24) is 15.3 Å². The monoisotopic (exact) mass is 309 g/mol. The van der Waals surface area contributed by atoms with Crippen LogP contribution in [-0.2, 0) is 0 Å². The molecule has 22 heavy (non-hydrogen) atoms. The van der Waals surface area contributed by atoms with Crippen LogP contribution in [0.3, 0.4) is 0 Å². The lowest BCUT2D eigenvalue weighted by atomic mass is 9.85. The lowest BCUT2D eigenvalue weighted by Crippen LogP contribution is -2.38. The van der Waals surface area contributed by atoms with Gasteiger partial charge in [0.1, 0.15) is 5.82 Å². The molecule has 3 unspecified atom stereocenters. The first-order valence-corrected chi connectivity index (χ1v) is 8.68. The van der Waals surface area contributed by atoms with Crippen LogP contribution in [0, 0.1) is 0 Å². The first-order chi connectivity index (χ1) is 10.8. The largest absolute Gasteiger partial charge is 0.307 e. The summed E-state index contributed by atoms with van der Waals surface area (Å²) in [6, 6.07) is 13.7. The second-order valence-electron chi connectivity index (χ2n) is 6.10. The molecule has 3 heterocycles. The molecule has 0 aliphatic carbocycles. The highest BCUT2D eigenvalue weighted by Crippen LogP contribution is 2.35. The van der Waals surface area contributed by atoms with Gasteiger partial charge in [-0.3, -0.25) is 0 Å². The van der Waals surface area contributed by atoms with Crippen LogP contribution in [0.15, 0.2) is 48.0 Å². The molecule has 0 amide bonds. The van der Waals surface area contributed by atoms with Gasteiger partial charge >= 0.3 is 0 Å². The number of nitrogens with one attached hydrogen (secondary N) is 1. The smallest absolute Gasteiger partial charge is 0.132 e. The van der Waals surface area contributed by atoms with Gasteiger partial charge in [-0.25, -0.2) is 9.97 Å². The Morgan fingerprint density at radius 1 is 1.14 bits per heavy atom. The Hall–Kier alpha value is -1.78. The minimum absolute atomic E-state index is 0.386. The summed E-state index contributed by atoms with van der Waals surface area (Å²) in [7, 11) is 0. The summed E-state index contributed by atoms with van der Waals surface area (Å²) in [5.41, 5.74) is 2.44. The lowest BCUT2D eigenvalue weighted by molar-refractivity contribution is 0.300. The lowest BCUT2D eigenvalue weighted by Gasteiger charge is -2.34. The molecule has 4 heteroatoms. The van der Waals surface area contributed by atoms with Gasteiger partial charge in [0.05, 0.1) is 10.2 Å². The van der Waals surface area contributed by atoms with E-state index >= 15 is 0 Å². The summed E-state index contributed by atoms with van der Waals surface area (Å²) >= 11 is 1.70. The van der Waals surface area contributed by atoms with Crippen molar-refractivity contribution in [2.24, 2.45) is 0 Å². The van der Waals surface area contributed by atoms with Crippen LogP contribution in [0.25, 0.3) is 10.2 Å². The van der Waals surface area contributed by atoms with Crippen LogP contribution in [0.5, 0.6) is 0 Å². The van der Waals surface area contributed by atoms with E-state index in [1.54, 1.807) is 11.3 Å². The van der Waals surface area contributed by atoms with Crippen LogP contribution in [-0.4, -0.2) is 16.0 Å². The van der Waals surface area contributed by atoms with E-state index in [0.717, 1.165) is 24.2 Å². The molecule has 1 aliphatic heterocycles. The fraction of sp³-hybridized carbons (Fsp3) is 0.333. The molecule has 1 aliphatic rings. The SMILES string of the molecule is CC1CC(c2ncc3sccc3n2)CC(c2ccccc2)N1. The van der Waals surface area contributed by atoms with E-state index in [-0.39, 0.29) is 0 Å². The summed E-state index contributed by atoms with van der Waals surface area (Å²) in [6.07, 6.45) is 4.13.